The van der Waals surface area contributed by atoms with E-state index in [1.165, 1.54) is 25.0 Å². The first-order chi connectivity index (χ1) is 11.9. The molecule has 4 rings (SSSR count). The Morgan fingerprint density at radius 2 is 2.08 bits per heavy atom. The first-order valence-electron chi connectivity index (χ1n) is 9.92. The van der Waals surface area contributed by atoms with Crippen LogP contribution < -0.4 is 0 Å². The van der Waals surface area contributed by atoms with Crippen LogP contribution in [0.2, 0.25) is 0 Å². The summed E-state index contributed by atoms with van der Waals surface area (Å²) in [6, 6.07) is 2.19. The maximum absolute atomic E-state index is 13.1. The second-order valence-electron chi connectivity index (χ2n) is 9.57. The summed E-state index contributed by atoms with van der Waals surface area (Å²) in [7, 11) is 0. The Morgan fingerprint density at radius 1 is 1.28 bits per heavy atom. The molecule has 2 saturated heterocycles. The summed E-state index contributed by atoms with van der Waals surface area (Å²) < 4.78 is 0. The van der Waals surface area contributed by atoms with Crippen molar-refractivity contribution in [2.75, 3.05) is 26.2 Å². The zero-order valence-corrected chi connectivity index (χ0v) is 16.0. The molecule has 5 nitrogen and oxygen atoms in total. The monoisotopic (exact) mass is 344 g/mol. The fraction of sp³-hybridized carbons (Fsp3) is 0.800. The molecule has 1 atom stereocenters. The summed E-state index contributed by atoms with van der Waals surface area (Å²) in [6.45, 7) is 11.4. The molecule has 2 aliphatic heterocycles. The predicted molar refractivity (Wildman–Crippen MR) is 98.2 cm³/mol. The van der Waals surface area contributed by atoms with Gasteiger partial charge in [-0.3, -0.25) is 14.8 Å². The average molecular weight is 345 g/mol. The predicted octanol–water partition coefficient (Wildman–Crippen LogP) is 2.93. The maximum atomic E-state index is 13.1. The standard InChI is InChI=1S/C20H32N4O/c1-19(2,3)17-11-16(21-22-17)13-23-10-8-20(14-23)7-4-9-24(18(20)25)12-15-5-6-15/h11,15H,4-10,12-14H2,1-3H3,(H,21,22)/t20-/m0/s1. The highest BCUT2D eigenvalue weighted by Gasteiger charge is 2.48. The smallest absolute Gasteiger partial charge is 0.230 e. The number of hydrogen-bond acceptors (Lipinski definition) is 3. The molecule has 138 valence electrons. The van der Waals surface area contributed by atoms with E-state index < -0.39 is 0 Å². The second kappa shape index (κ2) is 6.11. The van der Waals surface area contributed by atoms with Crippen molar-refractivity contribution in [3.63, 3.8) is 0 Å². The van der Waals surface area contributed by atoms with Crippen LogP contribution in [0.1, 0.15) is 64.3 Å². The largest absolute Gasteiger partial charge is 0.342 e. The van der Waals surface area contributed by atoms with Crippen LogP contribution in [-0.2, 0) is 16.8 Å². The first-order valence-corrected chi connectivity index (χ1v) is 9.92. The molecular formula is C20H32N4O. The van der Waals surface area contributed by atoms with Gasteiger partial charge in [0.25, 0.3) is 0 Å². The van der Waals surface area contributed by atoms with E-state index in [2.05, 4.69) is 46.8 Å². The first kappa shape index (κ1) is 17.1. The van der Waals surface area contributed by atoms with Gasteiger partial charge in [-0.25, -0.2) is 0 Å². The van der Waals surface area contributed by atoms with Gasteiger partial charge in [-0.15, -0.1) is 0 Å². The highest BCUT2D eigenvalue weighted by Crippen LogP contribution is 2.42. The van der Waals surface area contributed by atoms with Crippen molar-refractivity contribution in [2.24, 2.45) is 11.3 Å². The molecule has 1 saturated carbocycles. The summed E-state index contributed by atoms with van der Waals surface area (Å²) in [4.78, 5) is 17.7. The number of nitrogens with zero attached hydrogens (tertiary/aromatic N) is 3. The third-order valence-corrected chi connectivity index (χ3v) is 6.23. The molecule has 0 unspecified atom stereocenters. The molecule has 0 radical (unpaired) electrons. The number of aromatic amines is 1. The van der Waals surface area contributed by atoms with Gasteiger partial charge in [0.05, 0.1) is 11.1 Å². The lowest BCUT2D eigenvalue weighted by Crippen LogP contribution is -2.50. The Bertz CT molecular complexity index is 642. The van der Waals surface area contributed by atoms with E-state index in [1.807, 2.05) is 0 Å². The van der Waals surface area contributed by atoms with E-state index in [0.717, 1.165) is 57.2 Å². The number of likely N-dealkylation sites (tertiary alicyclic amines) is 2. The Morgan fingerprint density at radius 3 is 2.76 bits per heavy atom. The molecule has 1 N–H and O–H groups in total. The number of nitrogens with one attached hydrogen (secondary N) is 1. The topological polar surface area (TPSA) is 52.2 Å². The van der Waals surface area contributed by atoms with Crippen molar-refractivity contribution in [2.45, 2.75) is 64.8 Å². The zero-order valence-electron chi connectivity index (χ0n) is 16.0. The highest BCUT2D eigenvalue weighted by atomic mass is 16.2. The summed E-state index contributed by atoms with van der Waals surface area (Å²) in [5.74, 6) is 1.23. The van der Waals surface area contributed by atoms with E-state index in [9.17, 15) is 4.79 Å². The summed E-state index contributed by atoms with van der Waals surface area (Å²) in [5, 5.41) is 7.67. The molecule has 25 heavy (non-hydrogen) atoms. The number of aromatic nitrogens is 2. The van der Waals surface area contributed by atoms with Gasteiger partial charge in [-0.05, 0) is 50.6 Å². The van der Waals surface area contributed by atoms with Gasteiger partial charge in [0, 0.05) is 37.3 Å². The van der Waals surface area contributed by atoms with Gasteiger partial charge in [0.1, 0.15) is 0 Å². The maximum Gasteiger partial charge on any atom is 0.230 e. The van der Waals surface area contributed by atoms with Gasteiger partial charge < -0.3 is 4.90 Å². The molecule has 1 aromatic rings. The molecule has 5 heteroatoms. The fourth-order valence-corrected chi connectivity index (χ4v) is 4.48. The Labute approximate surface area is 151 Å². The van der Waals surface area contributed by atoms with Crippen LogP contribution in [0, 0.1) is 11.3 Å². The minimum absolute atomic E-state index is 0.0730. The molecule has 1 spiro atoms. The van der Waals surface area contributed by atoms with Crippen LogP contribution in [0.25, 0.3) is 0 Å². The van der Waals surface area contributed by atoms with Gasteiger partial charge in [0.15, 0.2) is 0 Å². The third kappa shape index (κ3) is 3.48. The van der Waals surface area contributed by atoms with Crippen LogP contribution >= 0.6 is 0 Å². The summed E-state index contributed by atoms with van der Waals surface area (Å²) >= 11 is 0. The number of rotatable bonds is 4. The average Bonchev–Trinajstić information content (AvgIpc) is 3.07. The fourth-order valence-electron chi connectivity index (χ4n) is 4.48. The molecule has 0 bridgehead atoms. The quantitative estimate of drug-likeness (QED) is 0.914. The molecular weight excluding hydrogens is 312 g/mol. The van der Waals surface area contributed by atoms with Gasteiger partial charge in [-0.1, -0.05) is 20.8 Å². The summed E-state index contributed by atoms with van der Waals surface area (Å²) in [6.07, 6.45) is 5.90. The molecule has 3 aliphatic rings. The van der Waals surface area contributed by atoms with Crippen molar-refractivity contribution in [3.8, 4) is 0 Å². The zero-order chi connectivity index (χ0) is 17.7. The van der Waals surface area contributed by atoms with Crippen molar-refractivity contribution >= 4 is 5.91 Å². The van der Waals surface area contributed by atoms with Crippen molar-refractivity contribution in [1.29, 1.82) is 0 Å². The number of amides is 1. The SMILES string of the molecule is CC(C)(C)c1cc(CN2CC[C@@]3(CCCN(CC4CC4)C3=O)C2)[nH]n1. The highest BCUT2D eigenvalue weighted by molar-refractivity contribution is 5.84. The number of H-pyrrole nitrogens is 1. The minimum atomic E-state index is -0.111. The van der Waals surface area contributed by atoms with Crippen molar-refractivity contribution in [3.05, 3.63) is 17.5 Å². The number of hydrogen-bond donors (Lipinski definition) is 1. The number of carbonyl (C=O) groups is 1. The van der Waals surface area contributed by atoms with E-state index in [-0.39, 0.29) is 10.8 Å². The van der Waals surface area contributed by atoms with Crippen LogP contribution in [0.5, 0.6) is 0 Å². The minimum Gasteiger partial charge on any atom is -0.342 e. The van der Waals surface area contributed by atoms with Crippen molar-refractivity contribution in [1.82, 2.24) is 20.0 Å². The molecule has 1 aromatic heterocycles. The number of piperidine rings is 1. The van der Waals surface area contributed by atoms with Crippen LogP contribution in [-0.4, -0.2) is 52.1 Å². The van der Waals surface area contributed by atoms with E-state index in [4.69, 9.17) is 0 Å². The van der Waals surface area contributed by atoms with Crippen LogP contribution in [0.3, 0.4) is 0 Å². The van der Waals surface area contributed by atoms with Gasteiger partial charge >= 0.3 is 0 Å². The Hall–Kier alpha value is -1.36. The Kier molecular flexibility index (Phi) is 4.18. The normalized spacial score (nSPS) is 28.3. The molecule has 3 fully saturated rings. The second-order valence-corrected chi connectivity index (χ2v) is 9.57. The van der Waals surface area contributed by atoms with Gasteiger partial charge in [0.2, 0.25) is 5.91 Å². The third-order valence-electron chi connectivity index (χ3n) is 6.23. The molecule has 3 heterocycles. The summed E-state index contributed by atoms with van der Waals surface area (Å²) in [5.41, 5.74) is 2.24. The van der Waals surface area contributed by atoms with E-state index in [1.54, 1.807) is 0 Å². The van der Waals surface area contributed by atoms with E-state index >= 15 is 0 Å². The van der Waals surface area contributed by atoms with Crippen LogP contribution in [0.4, 0.5) is 0 Å². The van der Waals surface area contributed by atoms with Crippen molar-refractivity contribution < 1.29 is 4.79 Å². The number of carbonyl (C=O) groups excluding carboxylic acids is 1. The lowest BCUT2D eigenvalue weighted by atomic mass is 9.78. The van der Waals surface area contributed by atoms with Crippen LogP contribution in [0.15, 0.2) is 6.07 Å². The molecule has 1 amide bonds. The van der Waals surface area contributed by atoms with Gasteiger partial charge in [-0.2, -0.15) is 5.10 Å². The lowest BCUT2D eigenvalue weighted by Gasteiger charge is -2.39. The Balaban J connectivity index is 1.40. The molecule has 1 aliphatic carbocycles. The molecule has 0 aromatic carbocycles. The lowest BCUT2D eigenvalue weighted by molar-refractivity contribution is -0.145. The van der Waals surface area contributed by atoms with E-state index in [0.29, 0.717) is 5.91 Å².